The number of nitrogens with zero attached hydrogens (tertiary/aromatic N) is 1. The molecule has 1 fully saturated rings. The van der Waals surface area contributed by atoms with Gasteiger partial charge in [0.05, 0.1) is 11.4 Å². The fourth-order valence-corrected chi connectivity index (χ4v) is 5.72. The van der Waals surface area contributed by atoms with E-state index in [1.165, 1.54) is 6.07 Å². The van der Waals surface area contributed by atoms with Crippen LogP contribution in [-0.4, -0.2) is 42.6 Å². The molecule has 4 rings (SSSR count). The van der Waals surface area contributed by atoms with Gasteiger partial charge in [0, 0.05) is 23.7 Å². The van der Waals surface area contributed by atoms with E-state index in [-0.39, 0.29) is 34.4 Å². The Labute approximate surface area is 174 Å². The summed E-state index contributed by atoms with van der Waals surface area (Å²) in [6, 6.07) is 4.98. The van der Waals surface area contributed by atoms with Crippen molar-refractivity contribution in [1.82, 2.24) is 15.5 Å². The molecule has 1 aromatic heterocycles. The summed E-state index contributed by atoms with van der Waals surface area (Å²) in [5, 5.41) is 12.7. The van der Waals surface area contributed by atoms with Crippen LogP contribution in [0.25, 0.3) is 0 Å². The number of hydrogen-bond acceptors (Lipinski definition) is 6. The van der Waals surface area contributed by atoms with Gasteiger partial charge in [-0.05, 0) is 51.2 Å². The van der Waals surface area contributed by atoms with Gasteiger partial charge in [0.2, 0.25) is 0 Å². The van der Waals surface area contributed by atoms with Gasteiger partial charge in [-0.15, -0.1) is 0 Å². The van der Waals surface area contributed by atoms with Crippen molar-refractivity contribution in [3.8, 4) is 0 Å². The van der Waals surface area contributed by atoms with Gasteiger partial charge in [0.15, 0.2) is 21.5 Å². The number of rotatable bonds is 5. The molecule has 1 saturated carbocycles. The Bertz CT molecular complexity index is 1070. The van der Waals surface area contributed by atoms with E-state index in [1.807, 2.05) is 13.8 Å². The number of fused-ring (bicyclic) bond motifs is 1. The lowest BCUT2D eigenvalue weighted by atomic mass is 10.0. The Kier molecular flexibility index (Phi) is 5.44. The van der Waals surface area contributed by atoms with Crippen molar-refractivity contribution < 1.29 is 22.3 Å². The van der Waals surface area contributed by atoms with Crippen LogP contribution in [0.5, 0.6) is 0 Å². The van der Waals surface area contributed by atoms with E-state index in [2.05, 4.69) is 20.8 Å². The summed E-state index contributed by atoms with van der Waals surface area (Å²) in [6.45, 7) is 3.74. The minimum atomic E-state index is -3.57. The van der Waals surface area contributed by atoms with Crippen LogP contribution in [0.2, 0.25) is 0 Å². The van der Waals surface area contributed by atoms with Crippen molar-refractivity contribution in [2.75, 3.05) is 11.1 Å². The normalized spacial score (nSPS) is 22.1. The highest BCUT2D eigenvalue weighted by atomic mass is 32.2. The number of anilines is 2. The highest BCUT2D eigenvalue weighted by Gasteiger charge is 2.32. The molecule has 2 aliphatic rings. The van der Waals surface area contributed by atoms with Crippen LogP contribution in [0.4, 0.5) is 20.7 Å². The molecule has 1 aliphatic heterocycles. The number of aromatic nitrogens is 2. The number of aromatic amines is 1. The molecule has 0 saturated heterocycles. The summed E-state index contributed by atoms with van der Waals surface area (Å²) in [5.41, 5.74) is 1.46. The maximum Gasteiger partial charge on any atom is 0.407 e. The van der Waals surface area contributed by atoms with Crippen molar-refractivity contribution in [2.45, 2.75) is 62.5 Å². The Morgan fingerprint density at radius 3 is 2.90 bits per heavy atom. The van der Waals surface area contributed by atoms with Crippen LogP contribution in [0, 0.1) is 5.82 Å². The second kappa shape index (κ2) is 7.90. The summed E-state index contributed by atoms with van der Waals surface area (Å²) < 4.78 is 44.4. The molecule has 2 heterocycles. The molecule has 162 valence electrons. The van der Waals surface area contributed by atoms with Gasteiger partial charge >= 0.3 is 6.09 Å². The minimum Gasteiger partial charge on any atom is -0.446 e. The first-order valence-electron chi connectivity index (χ1n) is 10.1. The average Bonchev–Trinajstić information content (AvgIpc) is 3.36. The maximum absolute atomic E-state index is 14.8. The predicted molar refractivity (Wildman–Crippen MR) is 109 cm³/mol. The van der Waals surface area contributed by atoms with Gasteiger partial charge in [0.25, 0.3) is 0 Å². The third-order valence-electron chi connectivity index (χ3n) is 5.49. The zero-order chi connectivity index (χ0) is 21.5. The molecule has 0 bridgehead atoms. The Morgan fingerprint density at radius 2 is 2.13 bits per heavy atom. The van der Waals surface area contributed by atoms with Crippen LogP contribution in [0.3, 0.4) is 0 Å². The highest BCUT2D eigenvalue weighted by molar-refractivity contribution is 7.91. The van der Waals surface area contributed by atoms with Crippen molar-refractivity contribution in [3.05, 3.63) is 35.3 Å². The first-order chi connectivity index (χ1) is 14.2. The Balaban J connectivity index is 1.42. The predicted octanol–water partition coefficient (Wildman–Crippen LogP) is 3.39. The molecule has 2 atom stereocenters. The van der Waals surface area contributed by atoms with Gasteiger partial charge in [-0.2, -0.15) is 5.10 Å². The van der Waals surface area contributed by atoms with Crippen molar-refractivity contribution in [2.24, 2.45) is 0 Å². The zero-order valence-corrected chi connectivity index (χ0v) is 17.7. The largest absolute Gasteiger partial charge is 0.446 e. The number of H-pyrrole nitrogens is 1. The third kappa shape index (κ3) is 4.14. The molecule has 30 heavy (non-hydrogen) atoms. The smallest absolute Gasteiger partial charge is 0.407 e. The second-order valence-electron chi connectivity index (χ2n) is 8.15. The summed E-state index contributed by atoms with van der Waals surface area (Å²) in [7, 11) is -3.57. The topological polar surface area (TPSA) is 113 Å². The van der Waals surface area contributed by atoms with E-state index >= 15 is 0 Å². The fourth-order valence-electron chi connectivity index (χ4n) is 4.07. The lowest BCUT2D eigenvalue weighted by Gasteiger charge is -2.14. The van der Waals surface area contributed by atoms with E-state index in [0.717, 1.165) is 18.5 Å². The number of nitrogens with one attached hydrogen (secondary N) is 3. The zero-order valence-electron chi connectivity index (χ0n) is 16.9. The second-order valence-corrected chi connectivity index (χ2v) is 10.2. The van der Waals surface area contributed by atoms with Gasteiger partial charge in [-0.3, -0.25) is 5.10 Å². The van der Waals surface area contributed by atoms with E-state index in [4.69, 9.17) is 4.74 Å². The first kappa shape index (κ1) is 20.6. The number of carbonyl (C=O) groups excluding carboxylic acids is 1. The number of ether oxygens (including phenoxy) is 1. The van der Waals surface area contributed by atoms with E-state index in [0.29, 0.717) is 24.2 Å². The molecule has 2 aromatic rings. The lowest BCUT2D eigenvalue weighted by molar-refractivity contribution is 0.0981. The van der Waals surface area contributed by atoms with Gasteiger partial charge < -0.3 is 15.4 Å². The molecule has 1 aromatic carbocycles. The maximum atomic E-state index is 14.8. The molecule has 0 spiro atoms. The summed E-state index contributed by atoms with van der Waals surface area (Å²) in [4.78, 5) is 11.6. The molecule has 1 amide bonds. The van der Waals surface area contributed by atoms with Crippen molar-refractivity contribution in [1.29, 1.82) is 0 Å². The molecule has 3 N–H and O–H groups in total. The van der Waals surface area contributed by atoms with Crippen LogP contribution < -0.4 is 10.6 Å². The lowest BCUT2D eigenvalue weighted by Crippen LogP contribution is -2.33. The number of halogens is 1. The SMILES string of the molecule is CC(C)NC(=O)OC1CCC(c2cc(Nc3ccc4c(c3F)S(=O)(=O)CC4)n[nH]2)C1. The number of amides is 1. The molecule has 10 heteroatoms. The molecular weight excluding hydrogens is 411 g/mol. The van der Waals surface area contributed by atoms with Crippen LogP contribution in [0.1, 0.15) is 50.3 Å². The number of carbonyl (C=O) groups is 1. The molecular formula is C20H25FN4O4S. The summed E-state index contributed by atoms with van der Waals surface area (Å²) >= 11 is 0. The Hall–Kier alpha value is -2.62. The number of hydrogen-bond donors (Lipinski definition) is 3. The van der Waals surface area contributed by atoms with Crippen molar-refractivity contribution >= 4 is 27.4 Å². The Morgan fingerprint density at radius 1 is 1.33 bits per heavy atom. The minimum absolute atomic E-state index is 0.0190. The summed E-state index contributed by atoms with van der Waals surface area (Å²) in [5.74, 6) is -0.272. The third-order valence-corrected chi connectivity index (χ3v) is 7.30. The monoisotopic (exact) mass is 436 g/mol. The van der Waals surface area contributed by atoms with Gasteiger partial charge in [0.1, 0.15) is 11.0 Å². The number of aryl methyl sites for hydroxylation is 1. The molecule has 0 radical (unpaired) electrons. The fraction of sp³-hybridized carbons (Fsp3) is 0.500. The van der Waals surface area contributed by atoms with Gasteiger partial charge in [-0.1, -0.05) is 6.07 Å². The summed E-state index contributed by atoms with van der Waals surface area (Å²) in [6.07, 6.45) is 2.04. The van der Waals surface area contributed by atoms with Crippen LogP contribution in [0.15, 0.2) is 23.1 Å². The number of benzene rings is 1. The van der Waals surface area contributed by atoms with Crippen LogP contribution in [-0.2, 0) is 21.0 Å². The molecule has 2 unspecified atom stereocenters. The first-order valence-corrected chi connectivity index (χ1v) is 11.7. The van der Waals surface area contributed by atoms with E-state index in [1.54, 1.807) is 12.1 Å². The highest BCUT2D eigenvalue weighted by Crippen LogP contribution is 2.37. The quantitative estimate of drug-likeness (QED) is 0.662. The van der Waals surface area contributed by atoms with E-state index < -0.39 is 21.7 Å². The van der Waals surface area contributed by atoms with Gasteiger partial charge in [-0.25, -0.2) is 17.6 Å². The number of alkyl carbamates (subject to hydrolysis) is 1. The van der Waals surface area contributed by atoms with Crippen molar-refractivity contribution in [3.63, 3.8) is 0 Å². The number of sulfone groups is 1. The van der Waals surface area contributed by atoms with E-state index in [9.17, 15) is 17.6 Å². The molecule has 1 aliphatic carbocycles. The molecule has 8 nitrogen and oxygen atoms in total. The average molecular weight is 437 g/mol. The standard InChI is InChI=1S/C20H25FN4O4S/c1-11(2)22-20(26)29-14-5-3-13(9-14)16-10-17(25-24-16)23-15-6-4-12-7-8-30(27,28)19(12)18(15)21/h4,6,10-11,13-14H,3,5,7-9H2,1-2H3,(H,22,26)(H2,23,24,25). The van der Waals surface area contributed by atoms with Crippen LogP contribution >= 0.6 is 0 Å².